The van der Waals surface area contributed by atoms with Crippen molar-refractivity contribution in [3.8, 4) is 0 Å². The molecule has 24 heavy (non-hydrogen) atoms. The van der Waals surface area contributed by atoms with E-state index in [9.17, 15) is 9.59 Å². The predicted octanol–water partition coefficient (Wildman–Crippen LogP) is 1.71. The van der Waals surface area contributed by atoms with Gasteiger partial charge in [-0.2, -0.15) is 5.10 Å². The van der Waals surface area contributed by atoms with Crippen LogP contribution in [0.1, 0.15) is 21.0 Å². The second-order valence-corrected chi connectivity index (χ2v) is 4.88. The molecule has 0 aliphatic carbocycles. The number of rotatable bonds is 4. The van der Waals surface area contributed by atoms with Crippen LogP contribution in [-0.2, 0) is 7.05 Å². The van der Waals surface area contributed by atoms with E-state index in [0.717, 1.165) is 0 Å². The highest BCUT2D eigenvalue weighted by Crippen LogP contribution is 2.09. The maximum Gasteiger partial charge on any atom is 0.277 e. The van der Waals surface area contributed by atoms with E-state index in [1.54, 1.807) is 55.8 Å². The van der Waals surface area contributed by atoms with E-state index >= 15 is 0 Å². The quantitative estimate of drug-likeness (QED) is 0.761. The summed E-state index contributed by atoms with van der Waals surface area (Å²) in [6.45, 7) is 0. The Labute approximate surface area is 137 Å². The maximum atomic E-state index is 12.3. The molecule has 120 valence electrons. The molecule has 0 aliphatic heterocycles. The topological polar surface area (TPSA) is 102 Å². The molecule has 8 nitrogen and oxygen atoms in total. The normalized spacial score (nSPS) is 10.2. The second-order valence-electron chi connectivity index (χ2n) is 4.88. The molecule has 0 saturated carbocycles. The first-order valence-corrected chi connectivity index (χ1v) is 7.12. The van der Waals surface area contributed by atoms with Crippen LogP contribution in [0.2, 0.25) is 0 Å². The monoisotopic (exact) mass is 322 g/mol. The van der Waals surface area contributed by atoms with Crippen LogP contribution in [0.4, 0.5) is 11.6 Å². The van der Waals surface area contributed by atoms with Crippen molar-refractivity contribution < 1.29 is 9.59 Å². The molecule has 0 fully saturated rings. The summed E-state index contributed by atoms with van der Waals surface area (Å²) < 4.78 is 1.34. The highest BCUT2D eigenvalue weighted by Gasteiger charge is 2.18. The summed E-state index contributed by atoms with van der Waals surface area (Å²) in [4.78, 5) is 32.5. The number of aryl methyl sites for hydroxylation is 1. The fraction of sp³-hybridized carbons (Fsp3) is 0.0625. The van der Waals surface area contributed by atoms with E-state index in [0.29, 0.717) is 11.6 Å². The van der Waals surface area contributed by atoms with Gasteiger partial charge in [-0.15, -0.1) is 0 Å². The highest BCUT2D eigenvalue weighted by molar-refractivity contribution is 6.06. The van der Waals surface area contributed by atoms with Gasteiger partial charge in [-0.3, -0.25) is 14.3 Å². The third-order valence-electron chi connectivity index (χ3n) is 3.16. The summed E-state index contributed by atoms with van der Waals surface area (Å²) in [5, 5.41) is 9.33. The molecule has 0 aliphatic rings. The van der Waals surface area contributed by atoms with Crippen LogP contribution in [0.25, 0.3) is 0 Å². The van der Waals surface area contributed by atoms with Gasteiger partial charge >= 0.3 is 0 Å². The van der Waals surface area contributed by atoms with Gasteiger partial charge in [0.15, 0.2) is 5.69 Å². The Bertz CT molecular complexity index is 861. The van der Waals surface area contributed by atoms with E-state index in [-0.39, 0.29) is 11.4 Å². The van der Waals surface area contributed by atoms with Crippen molar-refractivity contribution in [2.45, 2.75) is 0 Å². The third-order valence-corrected chi connectivity index (χ3v) is 3.16. The number of carbonyl (C=O) groups excluding carboxylic acids is 2. The fourth-order valence-corrected chi connectivity index (χ4v) is 2.02. The van der Waals surface area contributed by atoms with Gasteiger partial charge in [0.2, 0.25) is 0 Å². The average Bonchev–Trinajstić information content (AvgIpc) is 2.99. The van der Waals surface area contributed by atoms with Crippen LogP contribution in [0.15, 0.2) is 54.9 Å². The van der Waals surface area contributed by atoms with Gasteiger partial charge in [0, 0.05) is 25.5 Å². The van der Waals surface area contributed by atoms with E-state index < -0.39 is 11.8 Å². The molecule has 3 rings (SSSR count). The number of amides is 2. The van der Waals surface area contributed by atoms with Crippen molar-refractivity contribution in [1.82, 2.24) is 19.7 Å². The Kier molecular flexibility index (Phi) is 4.28. The highest BCUT2D eigenvalue weighted by atomic mass is 16.2. The lowest BCUT2D eigenvalue weighted by molar-refractivity contribution is 0.101. The first-order chi connectivity index (χ1) is 11.6. The molecule has 3 aromatic rings. The van der Waals surface area contributed by atoms with Gasteiger partial charge in [-0.25, -0.2) is 9.97 Å². The summed E-state index contributed by atoms with van der Waals surface area (Å²) >= 11 is 0. The van der Waals surface area contributed by atoms with Crippen molar-refractivity contribution in [1.29, 1.82) is 0 Å². The smallest absolute Gasteiger partial charge is 0.277 e. The number of aromatic nitrogens is 4. The maximum absolute atomic E-state index is 12.3. The number of hydrogen-bond acceptors (Lipinski definition) is 5. The van der Waals surface area contributed by atoms with Gasteiger partial charge in [0.05, 0.1) is 0 Å². The van der Waals surface area contributed by atoms with Crippen LogP contribution in [-0.4, -0.2) is 31.6 Å². The summed E-state index contributed by atoms with van der Waals surface area (Å²) in [5.74, 6) is -0.0161. The summed E-state index contributed by atoms with van der Waals surface area (Å²) in [7, 11) is 1.59. The second kappa shape index (κ2) is 6.69. The van der Waals surface area contributed by atoms with Crippen molar-refractivity contribution in [2.75, 3.05) is 10.6 Å². The van der Waals surface area contributed by atoms with Crippen LogP contribution in [0, 0.1) is 0 Å². The predicted molar refractivity (Wildman–Crippen MR) is 87.6 cm³/mol. The van der Waals surface area contributed by atoms with E-state index in [1.165, 1.54) is 10.7 Å². The molecule has 3 heterocycles. The van der Waals surface area contributed by atoms with Gasteiger partial charge in [-0.05, 0) is 24.3 Å². The SMILES string of the molecule is Cn1nc(C(=O)Nc2ccccn2)cc1C(=O)Nc1ccccn1. The first kappa shape index (κ1) is 15.3. The number of hydrogen-bond donors (Lipinski definition) is 2. The molecule has 0 aromatic carbocycles. The van der Waals surface area contributed by atoms with Crippen molar-refractivity contribution >= 4 is 23.5 Å². The molecule has 2 amide bonds. The molecule has 0 atom stereocenters. The minimum atomic E-state index is -0.443. The molecule has 0 saturated heterocycles. The summed E-state index contributed by atoms with van der Waals surface area (Å²) in [6, 6.07) is 11.8. The van der Waals surface area contributed by atoms with Crippen LogP contribution < -0.4 is 10.6 Å². The third kappa shape index (κ3) is 3.43. The largest absolute Gasteiger partial charge is 0.305 e. The first-order valence-electron chi connectivity index (χ1n) is 7.12. The van der Waals surface area contributed by atoms with Gasteiger partial charge < -0.3 is 10.6 Å². The minimum absolute atomic E-state index is 0.120. The Morgan fingerprint density at radius 2 is 1.50 bits per heavy atom. The summed E-state index contributed by atoms with van der Waals surface area (Å²) in [5.41, 5.74) is 0.362. The van der Waals surface area contributed by atoms with Crippen molar-refractivity contribution in [3.63, 3.8) is 0 Å². The standard InChI is InChI=1S/C16H14N6O2/c1-22-12(16(24)20-14-7-3-5-9-18-14)10-11(21-22)15(23)19-13-6-2-4-8-17-13/h2-10H,1H3,(H,17,19,23)(H,18,20,24). The number of anilines is 2. The molecule has 0 bridgehead atoms. The zero-order chi connectivity index (χ0) is 16.9. The lowest BCUT2D eigenvalue weighted by Gasteiger charge is -2.03. The number of carbonyl (C=O) groups is 2. The molecule has 2 N–H and O–H groups in total. The Morgan fingerprint density at radius 1 is 0.917 bits per heavy atom. The van der Waals surface area contributed by atoms with E-state index in [1.807, 2.05) is 0 Å². The zero-order valence-electron chi connectivity index (χ0n) is 12.8. The molecule has 0 spiro atoms. The number of nitrogens with one attached hydrogen (secondary N) is 2. The molecule has 0 radical (unpaired) electrons. The number of nitrogens with zero attached hydrogens (tertiary/aromatic N) is 4. The van der Waals surface area contributed by atoms with Gasteiger partial charge in [-0.1, -0.05) is 12.1 Å². The Morgan fingerprint density at radius 3 is 2.04 bits per heavy atom. The molecule has 3 aromatic heterocycles. The van der Waals surface area contributed by atoms with E-state index in [2.05, 4.69) is 25.7 Å². The Hall–Kier alpha value is -3.55. The zero-order valence-corrected chi connectivity index (χ0v) is 12.8. The lowest BCUT2D eigenvalue weighted by atomic mass is 10.3. The van der Waals surface area contributed by atoms with Gasteiger partial charge in [0.25, 0.3) is 11.8 Å². The van der Waals surface area contributed by atoms with E-state index in [4.69, 9.17) is 0 Å². The molecular formula is C16H14N6O2. The van der Waals surface area contributed by atoms with Crippen LogP contribution in [0.5, 0.6) is 0 Å². The molecular weight excluding hydrogens is 308 g/mol. The molecule has 0 unspecified atom stereocenters. The van der Waals surface area contributed by atoms with Gasteiger partial charge in [0.1, 0.15) is 17.3 Å². The average molecular weight is 322 g/mol. The lowest BCUT2D eigenvalue weighted by Crippen LogP contribution is -2.16. The van der Waals surface area contributed by atoms with Crippen LogP contribution >= 0.6 is 0 Å². The minimum Gasteiger partial charge on any atom is -0.305 e. The Balaban J connectivity index is 1.75. The fourth-order valence-electron chi connectivity index (χ4n) is 2.02. The van der Waals surface area contributed by atoms with Crippen molar-refractivity contribution in [2.24, 2.45) is 7.05 Å². The van der Waals surface area contributed by atoms with Crippen LogP contribution in [0.3, 0.4) is 0 Å². The number of pyridine rings is 2. The van der Waals surface area contributed by atoms with Crippen molar-refractivity contribution in [3.05, 3.63) is 66.2 Å². The summed E-state index contributed by atoms with van der Waals surface area (Å²) in [6.07, 6.45) is 3.14. The molecule has 8 heteroatoms.